The Hall–Kier alpha value is -1.61. The molecule has 2 rings (SSSR count). The molecule has 0 aliphatic carbocycles. The Balaban J connectivity index is 2.36. The molecule has 1 unspecified atom stereocenters. The monoisotopic (exact) mass is 229 g/mol. The summed E-state index contributed by atoms with van der Waals surface area (Å²) >= 11 is 0. The highest BCUT2D eigenvalue weighted by Crippen LogP contribution is 2.21. The second kappa shape index (κ2) is 4.72. The standard InChI is InChI=1S/C14H19N3/c1-9-5-10(2)7-12(6-9)14-16-8-13(17-14)11(3)15-4/h5-8,11,15H,1-4H3,(H,16,17). The van der Waals surface area contributed by atoms with Crippen LogP contribution >= 0.6 is 0 Å². The molecule has 90 valence electrons. The maximum Gasteiger partial charge on any atom is 0.137 e. The molecule has 0 fully saturated rings. The third-order valence-electron chi connectivity index (χ3n) is 2.99. The molecule has 17 heavy (non-hydrogen) atoms. The number of nitrogens with zero attached hydrogens (tertiary/aromatic N) is 1. The maximum atomic E-state index is 4.44. The molecule has 3 heteroatoms. The summed E-state index contributed by atoms with van der Waals surface area (Å²) in [5.74, 6) is 0.939. The topological polar surface area (TPSA) is 40.7 Å². The van der Waals surface area contributed by atoms with Gasteiger partial charge in [0.1, 0.15) is 5.82 Å². The van der Waals surface area contributed by atoms with Crippen molar-refractivity contribution in [1.29, 1.82) is 0 Å². The molecule has 3 nitrogen and oxygen atoms in total. The van der Waals surface area contributed by atoms with E-state index in [0.29, 0.717) is 6.04 Å². The van der Waals surface area contributed by atoms with Crippen molar-refractivity contribution in [3.8, 4) is 11.4 Å². The molecule has 1 heterocycles. The minimum Gasteiger partial charge on any atom is -0.341 e. The number of nitrogens with one attached hydrogen (secondary N) is 2. The van der Waals surface area contributed by atoms with Gasteiger partial charge in [0.15, 0.2) is 0 Å². The van der Waals surface area contributed by atoms with Crippen molar-refractivity contribution in [2.45, 2.75) is 26.8 Å². The lowest BCUT2D eigenvalue weighted by molar-refractivity contribution is 0.637. The van der Waals surface area contributed by atoms with E-state index >= 15 is 0 Å². The molecule has 0 spiro atoms. The summed E-state index contributed by atoms with van der Waals surface area (Å²) in [6, 6.07) is 6.77. The van der Waals surface area contributed by atoms with Crippen molar-refractivity contribution in [3.05, 3.63) is 41.2 Å². The third-order valence-corrected chi connectivity index (χ3v) is 2.99. The van der Waals surface area contributed by atoms with Crippen molar-refractivity contribution >= 4 is 0 Å². The first kappa shape index (κ1) is 11.9. The third kappa shape index (κ3) is 2.56. The first-order chi connectivity index (χ1) is 8.10. The van der Waals surface area contributed by atoms with Crippen molar-refractivity contribution < 1.29 is 0 Å². The molecule has 2 N–H and O–H groups in total. The van der Waals surface area contributed by atoms with Crippen LogP contribution in [0.5, 0.6) is 0 Å². The average Bonchev–Trinajstić information content (AvgIpc) is 2.76. The molecular formula is C14H19N3. The Morgan fingerprint density at radius 1 is 1.18 bits per heavy atom. The Labute approximate surface area is 102 Å². The number of benzene rings is 1. The zero-order valence-corrected chi connectivity index (χ0v) is 10.8. The summed E-state index contributed by atoms with van der Waals surface area (Å²) < 4.78 is 0. The van der Waals surface area contributed by atoms with Crippen LogP contribution in [0.25, 0.3) is 11.4 Å². The van der Waals surface area contributed by atoms with E-state index in [-0.39, 0.29) is 0 Å². The summed E-state index contributed by atoms with van der Waals surface area (Å²) in [4.78, 5) is 7.80. The maximum absolute atomic E-state index is 4.44. The van der Waals surface area contributed by atoms with Crippen LogP contribution in [0.3, 0.4) is 0 Å². The van der Waals surface area contributed by atoms with Gasteiger partial charge in [-0.2, -0.15) is 0 Å². The van der Waals surface area contributed by atoms with Crippen molar-refractivity contribution in [2.75, 3.05) is 7.05 Å². The predicted molar refractivity (Wildman–Crippen MR) is 71.0 cm³/mol. The zero-order chi connectivity index (χ0) is 12.4. The minimum atomic E-state index is 0.294. The highest BCUT2D eigenvalue weighted by Gasteiger charge is 2.08. The molecule has 2 aromatic rings. The van der Waals surface area contributed by atoms with E-state index in [9.17, 15) is 0 Å². The number of aromatic nitrogens is 2. The highest BCUT2D eigenvalue weighted by atomic mass is 15.0. The summed E-state index contributed by atoms with van der Waals surface area (Å²) in [6.07, 6.45) is 1.90. The molecule has 0 saturated heterocycles. The van der Waals surface area contributed by atoms with E-state index in [1.165, 1.54) is 11.1 Å². The van der Waals surface area contributed by atoms with Crippen LogP contribution < -0.4 is 5.32 Å². The van der Waals surface area contributed by atoms with E-state index in [4.69, 9.17) is 0 Å². The van der Waals surface area contributed by atoms with Gasteiger partial charge in [-0.1, -0.05) is 17.2 Å². The summed E-state index contributed by atoms with van der Waals surface area (Å²) in [5.41, 5.74) is 4.79. The first-order valence-electron chi connectivity index (χ1n) is 5.91. The van der Waals surface area contributed by atoms with E-state index in [1.54, 1.807) is 0 Å². The molecule has 1 aromatic carbocycles. The van der Waals surface area contributed by atoms with Gasteiger partial charge in [0, 0.05) is 11.6 Å². The van der Waals surface area contributed by atoms with Crippen LogP contribution in [0, 0.1) is 13.8 Å². The smallest absolute Gasteiger partial charge is 0.137 e. The Bertz CT molecular complexity index is 494. The van der Waals surface area contributed by atoms with Gasteiger partial charge in [0.2, 0.25) is 0 Å². The van der Waals surface area contributed by atoms with Crippen LogP contribution in [-0.4, -0.2) is 17.0 Å². The number of hydrogen-bond acceptors (Lipinski definition) is 2. The number of imidazole rings is 1. The molecular weight excluding hydrogens is 210 g/mol. The molecule has 0 saturated carbocycles. The molecule has 0 bridgehead atoms. The lowest BCUT2D eigenvalue weighted by atomic mass is 10.1. The van der Waals surface area contributed by atoms with E-state index in [2.05, 4.69) is 54.3 Å². The Morgan fingerprint density at radius 3 is 2.41 bits per heavy atom. The molecule has 1 aromatic heterocycles. The van der Waals surface area contributed by atoms with Gasteiger partial charge in [-0.25, -0.2) is 4.98 Å². The predicted octanol–water partition coefficient (Wildman–Crippen LogP) is 2.97. The molecule has 0 radical (unpaired) electrons. The zero-order valence-electron chi connectivity index (χ0n) is 10.8. The second-order valence-electron chi connectivity index (χ2n) is 4.57. The fourth-order valence-corrected chi connectivity index (χ4v) is 1.97. The quantitative estimate of drug-likeness (QED) is 0.849. The average molecular weight is 229 g/mol. The lowest BCUT2D eigenvalue weighted by Crippen LogP contribution is -2.12. The van der Waals surface area contributed by atoms with Crippen LogP contribution in [0.2, 0.25) is 0 Å². The van der Waals surface area contributed by atoms with E-state index < -0.39 is 0 Å². The fraction of sp³-hybridized carbons (Fsp3) is 0.357. The van der Waals surface area contributed by atoms with Gasteiger partial charge in [0.25, 0.3) is 0 Å². The molecule has 1 atom stereocenters. The summed E-state index contributed by atoms with van der Waals surface area (Å²) in [7, 11) is 1.95. The summed E-state index contributed by atoms with van der Waals surface area (Å²) in [5, 5.41) is 3.20. The number of aryl methyl sites for hydroxylation is 2. The van der Waals surface area contributed by atoms with Crippen molar-refractivity contribution in [3.63, 3.8) is 0 Å². The second-order valence-corrected chi connectivity index (χ2v) is 4.57. The molecule has 0 aliphatic rings. The van der Waals surface area contributed by atoms with Gasteiger partial charge in [-0.3, -0.25) is 0 Å². The van der Waals surface area contributed by atoms with Crippen LogP contribution in [0.15, 0.2) is 24.4 Å². The largest absolute Gasteiger partial charge is 0.341 e. The first-order valence-corrected chi connectivity index (χ1v) is 5.91. The molecule has 0 amide bonds. The van der Waals surface area contributed by atoms with Gasteiger partial charge < -0.3 is 10.3 Å². The van der Waals surface area contributed by atoms with Gasteiger partial charge in [-0.05, 0) is 40.0 Å². The van der Waals surface area contributed by atoms with Crippen LogP contribution in [-0.2, 0) is 0 Å². The normalized spacial score (nSPS) is 12.7. The molecule has 0 aliphatic heterocycles. The van der Waals surface area contributed by atoms with Gasteiger partial charge in [-0.15, -0.1) is 0 Å². The number of hydrogen-bond donors (Lipinski definition) is 2. The summed E-state index contributed by atoms with van der Waals surface area (Å²) in [6.45, 7) is 6.33. The number of aromatic amines is 1. The minimum absolute atomic E-state index is 0.294. The SMILES string of the molecule is CNC(C)c1cnc(-c2cc(C)cc(C)c2)[nH]1. The Morgan fingerprint density at radius 2 is 1.82 bits per heavy atom. The van der Waals surface area contributed by atoms with Crippen molar-refractivity contribution in [1.82, 2.24) is 15.3 Å². The number of rotatable bonds is 3. The number of H-pyrrole nitrogens is 1. The highest BCUT2D eigenvalue weighted by molar-refractivity contribution is 5.58. The van der Waals surface area contributed by atoms with E-state index in [1.807, 2.05) is 13.2 Å². The Kier molecular flexibility index (Phi) is 3.29. The van der Waals surface area contributed by atoms with Gasteiger partial charge in [0.05, 0.1) is 11.9 Å². The lowest BCUT2D eigenvalue weighted by Gasteiger charge is -2.06. The van der Waals surface area contributed by atoms with E-state index in [0.717, 1.165) is 17.1 Å². The fourth-order valence-electron chi connectivity index (χ4n) is 1.97. The van der Waals surface area contributed by atoms with Crippen LogP contribution in [0.4, 0.5) is 0 Å². The van der Waals surface area contributed by atoms with Crippen LogP contribution in [0.1, 0.15) is 29.8 Å². The van der Waals surface area contributed by atoms with Crippen molar-refractivity contribution in [2.24, 2.45) is 0 Å². The van der Waals surface area contributed by atoms with Gasteiger partial charge >= 0.3 is 0 Å².